The van der Waals surface area contributed by atoms with Crippen LogP contribution in [0.3, 0.4) is 0 Å². The van der Waals surface area contributed by atoms with Gasteiger partial charge < -0.3 is 0 Å². The Morgan fingerprint density at radius 3 is 2.40 bits per heavy atom. The topological polar surface area (TPSA) is 60.4 Å². The highest BCUT2D eigenvalue weighted by Crippen LogP contribution is 2.02. The SMILES string of the molecule is O=C(COS(=O)(=O)CF)c1ccccc1. The first kappa shape index (κ1) is 11.8. The van der Waals surface area contributed by atoms with E-state index in [2.05, 4.69) is 4.18 Å². The van der Waals surface area contributed by atoms with Crippen molar-refractivity contribution in [2.45, 2.75) is 0 Å². The van der Waals surface area contributed by atoms with Crippen LogP contribution >= 0.6 is 0 Å². The molecular weight excluding hydrogens is 223 g/mol. The van der Waals surface area contributed by atoms with Gasteiger partial charge in [-0.15, -0.1) is 0 Å². The van der Waals surface area contributed by atoms with Crippen LogP contribution in [0.4, 0.5) is 4.39 Å². The number of halogens is 1. The Labute approximate surface area is 86.8 Å². The minimum Gasteiger partial charge on any atom is -0.291 e. The predicted octanol–water partition coefficient (Wildman–Crippen LogP) is 1.14. The van der Waals surface area contributed by atoms with Crippen LogP contribution in [-0.4, -0.2) is 26.8 Å². The van der Waals surface area contributed by atoms with Crippen LogP contribution in [-0.2, 0) is 14.3 Å². The van der Waals surface area contributed by atoms with Crippen molar-refractivity contribution in [3.63, 3.8) is 0 Å². The molecule has 0 fully saturated rings. The number of Topliss-reactive ketones (excluding diaryl/α,β-unsaturated/α-hetero) is 1. The van der Waals surface area contributed by atoms with Gasteiger partial charge in [-0.1, -0.05) is 30.3 Å². The van der Waals surface area contributed by atoms with E-state index in [1.807, 2.05) is 0 Å². The van der Waals surface area contributed by atoms with Crippen LogP contribution in [0.15, 0.2) is 30.3 Å². The lowest BCUT2D eigenvalue weighted by Crippen LogP contribution is -2.15. The Kier molecular flexibility index (Phi) is 3.93. The average Bonchev–Trinajstić information content (AvgIpc) is 2.27. The highest BCUT2D eigenvalue weighted by molar-refractivity contribution is 7.86. The summed E-state index contributed by atoms with van der Waals surface area (Å²) < 4.78 is 37.1. The maximum atomic E-state index is 11.8. The number of carbonyl (C=O) groups excluding carboxylic acids is 1. The highest BCUT2D eigenvalue weighted by atomic mass is 32.2. The molecule has 0 aromatic heterocycles. The van der Waals surface area contributed by atoms with E-state index in [-0.39, 0.29) is 0 Å². The van der Waals surface area contributed by atoms with Crippen LogP contribution in [0.25, 0.3) is 0 Å². The third kappa shape index (κ3) is 3.77. The van der Waals surface area contributed by atoms with Crippen molar-refractivity contribution < 1.29 is 21.8 Å². The third-order valence-electron chi connectivity index (χ3n) is 1.60. The minimum atomic E-state index is -4.21. The minimum absolute atomic E-state index is 0.326. The molecule has 0 aliphatic heterocycles. The van der Waals surface area contributed by atoms with Gasteiger partial charge in [0.25, 0.3) is 10.1 Å². The van der Waals surface area contributed by atoms with E-state index in [9.17, 15) is 17.6 Å². The van der Waals surface area contributed by atoms with Crippen LogP contribution in [0, 0.1) is 0 Å². The maximum absolute atomic E-state index is 11.8. The molecule has 0 saturated carbocycles. The Morgan fingerprint density at radius 1 is 1.27 bits per heavy atom. The van der Waals surface area contributed by atoms with Crippen LogP contribution in [0.1, 0.15) is 10.4 Å². The molecule has 1 aromatic rings. The number of benzene rings is 1. The quantitative estimate of drug-likeness (QED) is 0.564. The summed E-state index contributed by atoms with van der Waals surface area (Å²) in [7, 11) is -4.21. The van der Waals surface area contributed by atoms with Gasteiger partial charge in [-0.3, -0.25) is 8.98 Å². The van der Waals surface area contributed by atoms with Crippen molar-refractivity contribution in [3.05, 3.63) is 35.9 Å². The highest BCUT2D eigenvalue weighted by Gasteiger charge is 2.13. The third-order valence-corrected chi connectivity index (χ3v) is 2.34. The Morgan fingerprint density at radius 2 is 1.87 bits per heavy atom. The molecule has 0 spiro atoms. The summed E-state index contributed by atoms with van der Waals surface area (Å²) in [6.07, 6.45) is 0. The first-order chi connectivity index (χ1) is 7.05. The van der Waals surface area contributed by atoms with Crippen molar-refractivity contribution >= 4 is 15.9 Å². The van der Waals surface area contributed by atoms with Crippen LogP contribution < -0.4 is 0 Å². The number of carbonyl (C=O) groups is 1. The smallest absolute Gasteiger partial charge is 0.291 e. The molecule has 1 rings (SSSR count). The van der Waals surface area contributed by atoms with Crippen molar-refractivity contribution in [3.8, 4) is 0 Å². The Bertz CT molecular complexity index is 427. The fraction of sp³-hybridized carbons (Fsp3) is 0.222. The van der Waals surface area contributed by atoms with Crippen molar-refractivity contribution in [1.29, 1.82) is 0 Å². The molecular formula is C9H9FO4S. The largest absolute Gasteiger partial charge is 0.297 e. The summed E-state index contributed by atoms with van der Waals surface area (Å²) in [6, 6.07) is 6.40. The van der Waals surface area contributed by atoms with Crippen LogP contribution in [0.5, 0.6) is 0 Å². The van der Waals surface area contributed by atoms with E-state index in [0.717, 1.165) is 0 Å². The summed E-state index contributed by atoms with van der Waals surface area (Å²) in [4.78, 5) is 11.3. The zero-order valence-corrected chi connectivity index (χ0v) is 8.54. The van der Waals surface area contributed by atoms with E-state index in [1.54, 1.807) is 18.2 Å². The first-order valence-corrected chi connectivity index (χ1v) is 5.64. The van der Waals surface area contributed by atoms with Gasteiger partial charge in [0.2, 0.25) is 6.01 Å². The van der Waals surface area contributed by atoms with Crippen molar-refractivity contribution in [2.75, 3.05) is 12.6 Å². The molecule has 0 unspecified atom stereocenters. The molecule has 0 aliphatic carbocycles. The van der Waals surface area contributed by atoms with Gasteiger partial charge in [0, 0.05) is 5.56 Å². The number of hydrogen-bond acceptors (Lipinski definition) is 4. The lowest BCUT2D eigenvalue weighted by molar-refractivity contribution is 0.0923. The molecule has 0 aliphatic rings. The van der Waals surface area contributed by atoms with E-state index >= 15 is 0 Å². The standard InChI is InChI=1S/C9H9FO4S/c10-7-15(12,13)14-6-9(11)8-4-2-1-3-5-8/h1-5H,6-7H2. The van der Waals surface area contributed by atoms with Crippen LogP contribution in [0.2, 0.25) is 0 Å². The Balaban J connectivity index is 2.59. The van der Waals surface area contributed by atoms with Gasteiger partial charge in [-0.2, -0.15) is 8.42 Å². The molecule has 0 saturated heterocycles. The van der Waals surface area contributed by atoms with Gasteiger partial charge >= 0.3 is 0 Å². The fourth-order valence-corrected chi connectivity index (χ4v) is 1.23. The molecule has 0 N–H and O–H groups in total. The summed E-state index contributed by atoms with van der Waals surface area (Å²) in [5.41, 5.74) is 0.326. The summed E-state index contributed by atoms with van der Waals surface area (Å²) in [6.45, 7) is -0.670. The molecule has 6 heteroatoms. The first-order valence-electron chi connectivity index (χ1n) is 4.06. The zero-order chi connectivity index (χ0) is 11.3. The number of rotatable bonds is 5. The second-order valence-electron chi connectivity index (χ2n) is 2.72. The predicted molar refractivity (Wildman–Crippen MR) is 51.6 cm³/mol. The molecule has 0 radical (unpaired) electrons. The van der Waals surface area contributed by atoms with Gasteiger partial charge in [-0.05, 0) is 0 Å². The molecule has 1 aromatic carbocycles. The van der Waals surface area contributed by atoms with Crippen molar-refractivity contribution in [2.24, 2.45) is 0 Å². The molecule has 82 valence electrons. The molecule has 0 heterocycles. The summed E-state index contributed by atoms with van der Waals surface area (Å²) >= 11 is 0. The lowest BCUT2D eigenvalue weighted by atomic mass is 10.1. The molecule has 0 bridgehead atoms. The van der Waals surface area contributed by atoms with Gasteiger partial charge in [0.15, 0.2) is 5.78 Å². The monoisotopic (exact) mass is 232 g/mol. The van der Waals surface area contributed by atoms with E-state index in [4.69, 9.17) is 0 Å². The number of ketones is 1. The number of hydrogen-bond donors (Lipinski definition) is 0. The molecule has 15 heavy (non-hydrogen) atoms. The maximum Gasteiger partial charge on any atom is 0.297 e. The fourth-order valence-electron chi connectivity index (χ4n) is 0.882. The average molecular weight is 232 g/mol. The Hall–Kier alpha value is -1.27. The second-order valence-corrected chi connectivity index (χ2v) is 4.29. The van der Waals surface area contributed by atoms with E-state index in [1.165, 1.54) is 12.1 Å². The van der Waals surface area contributed by atoms with Crippen molar-refractivity contribution in [1.82, 2.24) is 0 Å². The molecule has 0 atom stereocenters. The molecule has 0 amide bonds. The lowest BCUT2D eigenvalue weighted by Gasteiger charge is -2.01. The van der Waals surface area contributed by atoms with E-state index < -0.39 is 28.5 Å². The second kappa shape index (κ2) is 4.99. The van der Waals surface area contributed by atoms with E-state index in [0.29, 0.717) is 5.56 Å². The summed E-state index contributed by atoms with van der Waals surface area (Å²) in [5.74, 6) is -0.507. The summed E-state index contributed by atoms with van der Waals surface area (Å²) in [5, 5.41) is 0. The normalized spacial score (nSPS) is 11.3. The number of alkyl halides is 1. The zero-order valence-electron chi connectivity index (χ0n) is 7.72. The van der Waals surface area contributed by atoms with Gasteiger partial charge in [0.1, 0.15) is 6.61 Å². The molecule has 4 nitrogen and oxygen atoms in total. The van der Waals surface area contributed by atoms with Gasteiger partial charge in [0.05, 0.1) is 0 Å². The van der Waals surface area contributed by atoms with Gasteiger partial charge in [-0.25, -0.2) is 4.39 Å².